The van der Waals surface area contributed by atoms with Crippen LogP contribution < -0.4 is 5.32 Å². The molecule has 1 N–H and O–H groups in total. The van der Waals surface area contributed by atoms with Crippen molar-refractivity contribution in [2.45, 2.75) is 38.1 Å². The highest BCUT2D eigenvalue weighted by atomic mass is 35.5. The monoisotopic (exact) mass is 386 g/mol. The molecule has 26 heavy (non-hydrogen) atoms. The van der Waals surface area contributed by atoms with E-state index in [1.807, 2.05) is 47.6 Å². The number of amides is 1. The van der Waals surface area contributed by atoms with E-state index in [-0.39, 0.29) is 5.91 Å². The molecule has 0 radical (unpaired) electrons. The van der Waals surface area contributed by atoms with Gasteiger partial charge in [-0.1, -0.05) is 23.7 Å². The lowest BCUT2D eigenvalue weighted by molar-refractivity contribution is -0.118. The van der Waals surface area contributed by atoms with Crippen LogP contribution in [0.2, 0.25) is 5.02 Å². The lowest BCUT2D eigenvalue weighted by atomic mass is 9.95. The van der Waals surface area contributed by atoms with Gasteiger partial charge in [-0.05, 0) is 37.5 Å². The zero-order valence-corrected chi connectivity index (χ0v) is 16.0. The van der Waals surface area contributed by atoms with Crippen molar-refractivity contribution in [3.8, 4) is 0 Å². The number of anilines is 1. The van der Waals surface area contributed by atoms with Crippen LogP contribution in [-0.4, -0.2) is 20.7 Å². The number of nitrogens with zero attached hydrogens (tertiary/aromatic N) is 3. The number of rotatable bonds is 6. The molecule has 1 aromatic carbocycles. The van der Waals surface area contributed by atoms with Gasteiger partial charge in [0.2, 0.25) is 5.91 Å². The van der Waals surface area contributed by atoms with Crippen LogP contribution in [0.5, 0.6) is 0 Å². The Morgan fingerprint density at radius 2 is 2.12 bits per heavy atom. The van der Waals surface area contributed by atoms with Gasteiger partial charge in [-0.3, -0.25) is 9.48 Å². The number of aryl methyl sites for hydroxylation is 3. The summed E-state index contributed by atoms with van der Waals surface area (Å²) in [6, 6.07) is 7.55. The van der Waals surface area contributed by atoms with Gasteiger partial charge in [-0.15, -0.1) is 11.3 Å². The second-order valence-corrected chi connectivity index (χ2v) is 8.02. The second-order valence-electron chi connectivity index (χ2n) is 6.65. The number of halogens is 1. The molecule has 5 nitrogen and oxygen atoms in total. The summed E-state index contributed by atoms with van der Waals surface area (Å²) in [6.07, 6.45) is 6.19. The molecule has 134 valence electrons. The van der Waals surface area contributed by atoms with Gasteiger partial charge in [0.05, 0.1) is 28.5 Å². The van der Waals surface area contributed by atoms with E-state index >= 15 is 0 Å². The summed E-state index contributed by atoms with van der Waals surface area (Å²) in [5.41, 5.74) is 4.27. The molecular weight excluding hydrogens is 368 g/mol. The summed E-state index contributed by atoms with van der Waals surface area (Å²) in [6.45, 7) is 2.79. The normalized spacial score (nSPS) is 15.0. The van der Waals surface area contributed by atoms with Crippen molar-refractivity contribution in [3.05, 3.63) is 63.3 Å². The first-order chi connectivity index (χ1) is 12.6. The summed E-state index contributed by atoms with van der Waals surface area (Å²) < 4.78 is 1.86. The van der Waals surface area contributed by atoms with E-state index in [0.29, 0.717) is 5.02 Å². The van der Waals surface area contributed by atoms with Crippen LogP contribution in [0.1, 0.15) is 29.0 Å². The SMILES string of the molecule is Cc1ncsc1CCn1cc(NC(=O)C2(c3ccc(Cl)cc3)CC2)cn1. The topological polar surface area (TPSA) is 59.8 Å². The zero-order chi connectivity index (χ0) is 18.1. The van der Waals surface area contributed by atoms with E-state index in [0.717, 1.165) is 42.8 Å². The highest BCUT2D eigenvalue weighted by Crippen LogP contribution is 2.49. The molecule has 0 aliphatic heterocycles. The molecule has 1 aliphatic rings. The highest BCUT2D eigenvalue weighted by Gasteiger charge is 2.51. The average molecular weight is 387 g/mol. The van der Waals surface area contributed by atoms with Gasteiger partial charge >= 0.3 is 0 Å². The first-order valence-electron chi connectivity index (χ1n) is 8.56. The molecule has 2 heterocycles. The molecule has 7 heteroatoms. The number of carbonyl (C=O) groups is 1. The molecule has 1 saturated carbocycles. The van der Waals surface area contributed by atoms with E-state index in [1.165, 1.54) is 4.88 Å². The Labute approximate surface area is 161 Å². The minimum Gasteiger partial charge on any atom is -0.323 e. The summed E-state index contributed by atoms with van der Waals surface area (Å²) >= 11 is 7.62. The maximum Gasteiger partial charge on any atom is 0.235 e. The largest absolute Gasteiger partial charge is 0.323 e. The van der Waals surface area contributed by atoms with Gasteiger partial charge < -0.3 is 5.32 Å². The van der Waals surface area contributed by atoms with Crippen LogP contribution >= 0.6 is 22.9 Å². The fraction of sp³-hybridized carbons (Fsp3) is 0.316. The highest BCUT2D eigenvalue weighted by molar-refractivity contribution is 7.09. The number of aromatic nitrogens is 3. The van der Waals surface area contributed by atoms with Crippen molar-refractivity contribution < 1.29 is 4.79 Å². The lowest BCUT2D eigenvalue weighted by Crippen LogP contribution is -2.27. The van der Waals surface area contributed by atoms with Crippen molar-refractivity contribution in [2.24, 2.45) is 0 Å². The molecule has 3 aromatic rings. The standard InChI is InChI=1S/C19H19ClN4OS/c1-13-17(26-12-21-13)6-9-24-11-16(10-22-24)23-18(25)19(7-8-19)14-2-4-15(20)5-3-14/h2-5,10-12H,6-9H2,1H3,(H,23,25). The van der Waals surface area contributed by atoms with Gasteiger partial charge in [0.1, 0.15) is 0 Å². The van der Waals surface area contributed by atoms with Crippen molar-refractivity contribution in [2.75, 3.05) is 5.32 Å². The van der Waals surface area contributed by atoms with Crippen molar-refractivity contribution >= 4 is 34.5 Å². The molecule has 2 aromatic heterocycles. The molecule has 0 saturated heterocycles. The van der Waals surface area contributed by atoms with E-state index in [4.69, 9.17) is 11.6 Å². The third-order valence-corrected chi connectivity index (χ3v) is 6.13. The predicted molar refractivity (Wildman–Crippen MR) is 104 cm³/mol. The number of nitrogens with one attached hydrogen (secondary N) is 1. The summed E-state index contributed by atoms with van der Waals surface area (Å²) in [5.74, 6) is 0.0256. The predicted octanol–water partition coefficient (Wildman–Crippen LogP) is 4.21. The van der Waals surface area contributed by atoms with Crippen LogP contribution in [0.15, 0.2) is 42.2 Å². The first kappa shape index (κ1) is 17.2. The first-order valence-corrected chi connectivity index (χ1v) is 9.81. The van der Waals surface area contributed by atoms with Crippen LogP contribution in [0.4, 0.5) is 5.69 Å². The molecule has 1 amide bonds. The van der Waals surface area contributed by atoms with E-state index in [9.17, 15) is 4.79 Å². The Morgan fingerprint density at radius 1 is 1.35 bits per heavy atom. The van der Waals surface area contributed by atoms with Crippen molar-refractivity contribution in [1.29, 1.82) is 0 Å². The van der Waals surface area contributed by atoms with Crippen LogP contribution in [0.25, 0.3) is 0 Å². The van der Waals surface area contributed by atoms with Crippen molar-refractivity contribution in [1.82, 2.24) is 14.8 Å². The molecule has 0 bridgehead atoms. The maximum absolute atomic E-state index is 12.8. The Balaban J connectivity index is 1.40. The van der Waals surface area contributed by atoms with Gasteiger partial charge in [0.15, 0.2) is 0 Å². The van der Waals surface area contributed by atoms with Crippen LogP contribution in [0.3, 0.4) is 0 Å². The quantitative estimate of drug-likeness (QED) is 0.690. The van der Waals surface area contributed by atoms with Gasteiger partial charge in [0, 0.05) is 29.1 Å². The summed E-state index contributed by atoms with van der Waals surface area (Å²) in [4.78, 5) is 18.3. The molecule has 1 aliphatic carbocycles. The van der Waals surface area contributed by atoms with E-state index in [2.05, 4.69) is 15.4 Å². The second kappa shape index (κ2) is 6.85. The van der Waals surface area contributed by atoms with Gasteiger partial charge in [-0.25, -0.2) is 4.98 Å². The van der Waals surface area contributed by atoms with E-state index in [1.54, 1.807) is 17.5 Å². The van der Waals surface area contributed by atoms with Gasteiger partial charge in [0.25, 0.3) is 0 Å². The van der Waals surface area contributed by atoms with Crippen LogP contribution in [-0.2, 0) is 23.2 Å². The molecule has 4 rings (SSSR count). The van der Waals surface area contributed by atoms with Gasteiger partial charge in [-0.2, -0.15) is 5.10 Å². The fourth-order valence-electron chi connectivity index (χ4n) is 3.12. The Kier molecular flexibility index (Phi) is 4.54. The Hall–Kier alpha value is -2.18. The third kappa shape index (κ3) is 3.39. The smallest absolute Gasteiger partial charge is 0.235 e. The zero-order valence-electron chi connectivity index (χ0n) is 14.4. The number of hydrogen-bond acceptors (Lipinski definition) is 4. The number of thiazole rings is 1. The molecule has 0 spiro atoms. The lowest BCUT2D eigenvalue weighted by Gasteiger charge is -2.15. The Bertz CT molecular complexity index is 927. The number of benzene rings is 1. The van der Waals surface area contributed by atoms with Crippen LogP contribution in [0, 0.1) is 6.92 Å². The Morgan fingerprint density at radius 3 is 2.77 bits per heavy atom. The number of carbonyl (C=O) groups excluding carboxylic acids is 1. The summed E-state index contributed by atoms with van der Waals surface area (Å²) in [5, 5.41) is 8.05. The third-order valence-electron chi connectivity index (χ3n) is 4.89. The van der Waals surface area contributed by atoms with E-state index < -0.39 is 5.41 Å². The minimum atomic E-state index is -0.424. The molecular formula is C19H19ClN4OS. The number of hydrogen-bond donors (Lipinski definition) is 1. The van der Waals surface area contributed by atoms with Crippen molar-refractivity contribution in [3.63, 3.8) is 0 Å². The summed E-state index contributed by atoms with van der Waals surface area (Å²) in [7, 11) is 0. The fourth-order valence-corrected chi connectivity index (χ4v) is 4.02. The molecule has 1 fully saturated rings. The average Bonchev–Trinajstić information content (AvgIpc) is 3.16. The molecule has 0 atom stereocenters. The minimum absolute atomic E-state index is 0.0256. The molecule has 0 unspecified atom stereocenters. The maximum atomic E-state index is 12.8.